The van der Waals surface area contributed by atoms with Gasteiger partial charge >= 0.3 is 5.97 Å². The maximum atomic E-state index is 11.0. The van der Waals surface area contributed by atoms with E-state index < -0.39 is 0 Å². The van der Waals surface area contributed by atoms with E-state index in [0.29, 0.717) is 24.7 Å². The highest BCUT2D eigenvalue weighted by Gasteiger charge is 2.09. The van der Waals surface area contributed by atoms with E-state index in [1.54, 1.807) is 6.07 Å². The third kappa shape index (κ3) is 4.22. The Labute approximate surface area is 111 Å². The van der Waals surface area contributed by atoms with Gasteiger partial charge in [0.05, 0.1) is 20.3 Å². The van der Waals surface area contributed by atoms with Crippen molar-refractivity contribution in [3.63, 3.8) is 0 Å². The molecule has 2 aromatic rings. The molecule has 0 spiro atoms. The Bertz CT molecular complexity index is 521. The van der Waals surface area contributed by atoms with Gasteiger partial charge in [0.2, 0.25) is 0 Å². The molecule has 0 atom stereocenters. The van der Waals surface area contributed by atoms with Crippen molar-refractivity contribution in [1.82, 2.24) is 5.16 Å². The largest absolute Gasteiger partial charge is 0.469 e. The van der Waals surface area contributed by atoms with Crippen molar-refractivity contribution in [3.8, 4) is 0 Å². The van der Waals surface area contributed by atoms with Crippen LogP contribution in [0.4, 0.5) is 0 Å². The highest BCUT2D eigenvalue weighted by atomic mass is 16.5. The second-order valence-electron chi connectivity index (χ2n) is 4.02. The van der Waals surface area contributed by atoms with Gasteiger partial charge in [-0.1, -0.05) is 35.5 Å². The summed E-state index contributed by atoms with van der Waals surface area (Å²) in [6.45, 7) is 0.861. The topological polar surface area (TPSA) is 61.6 Å². The fourth-order valence-electron chi connectivity index (χ4n) is 1.57. The molecule has 1 aromatic heterocycles. The number of esters is 1. The highest BCUT2D eigenvalue weighted by molar-refractivity contribution is 5.71. The predicted octanol–water partition coefficient (Wildman–Crippen LogP) is 2.11. The van der Waals surface area contributed by atoms with Crippen LogP contribution in [0.5, 0.6) is 0 Å². The van der Waals surface area contributed by atoms with Gasteiger partial charge in [-0.25, -0.2) is 0 Å². The fraction of sp³-hybridized carbons (Fsp3) is 0.286. The lowest BCUT2D eigenvalue weighted by atomic mass is 10.2. The van der Waals surface area contributed by atoms with Crippen LogP contribution in [0.3, 0.4) is 0 Å². The van der Waals surface area contributed by atoms with E-state index in [2.05, 4.69) is 9.89 Å². The lowest BCUT2D eigenvalue weighted by Gasteiger charge is -2.01. The smallest absolute Gasteiger partial charge is 0.313 e. The quantitative estimate of drug-likeness (QED) is 0.745. The molecule has 0 radical (unpaired) electrons. The number of aromatic nitrogens is 1. The van der Waals surface area contributed by atoms with Crippen molar-refractivity contribution >= 4 is 5.97 Å². The van der Waals surface area contributed by atoms with Crippen molar-refractivity contribution in [1.29, 1.82) is 0 Å². The molecule has 0 fully saturated rings. The molecule has 2 rings (SSSR count). The number of benzene rings is 1. The lowest BCUT2D eigenvalue weighted by Crippen LogP contribution is -2.03. The third-order valence-corrected chi connectivity index (χ3v) is 2.52. The molecule has 5 nitrogen and oxygen atoms in total. The van der Waals surface area contributed by atoms with Gasteiger partial charge in [-0.3, -0.25) is 4.79 Å². The van der Waals surface area contributed by atoms with Gasteiger partial charge in [-0.15, -0.1) is 0 Å². The normalized spacial score (nSPS) is 10.4. The summed E-state index contributed by atoms with van der Waals surface area (Å²) >= 11 is 0. The highest BCUT2D eigenvalue weighted by Crippen LogP contribution is 2.08. The van der Waals surface area contributed by atoms with Crippen molar-refractivity contribution in [2.24, 2.45) is 0 Å². The number of hydrogen-bond donors (Lipinski definition) is 0. The van der Waals surface area contributed by atoms with Crippen LogP contribution in [0, 0.1) is 0 Å². The first-order valence-electron chi connectivity index (χ1n) is 5.91. The molecule has 19 heavy (non-hydrogen) atoms. The number of methoxy groups -OCH3 is 1. The van der Waals surface area contributed by atoms with Gasteiger partial charge in [-0.2, -0.15) is 0 Å². The summed E-state index contributed by atoms with van der Waals surface area (Å²) in [7, 11) is 1.34. The standard InChI is InChI=1S/C14H15NO4/c1-17-14(16)8-13-7-12(15-19-13)10-18-9-11-5-3-2-4-6-11/h2-7H,8-10H2,1H3. The summed E-state index contributed by atoms with van der Waals surface area (Å²) in [4.78, 5) is 11.0. The van der Waals surface area contributed by atoms with Gasteiger partial charge in [-0.05, 0) is 5.56 Å². The molecule has 0 amide bonds. The Morgan fingerprint density at radius 2 is 2.05 bits per heavy atom. The van der Waals surface area contributed by atoms with Gasteiger partial charge < -0.3 is 14.0 Å². The van der Waals surface area contributed by atoms with Crippen LogP contribution in [0.1, 0.15) is 17.0 Å². The summed E-state index contributed by atoms with van der Waals surface area (Å²) < 4.78 is 15.1. The average Bonchev–Trinajstić information content (AvgIpc) is 2.87. The van der Waals surface area contributed by atoms with E-state index >= 15 is 0 Å². The first-order valence-corrected chi connectivity index (χ1v) is 5.91. The minimum atomic E-state index is -0.354. The average molecular weight is 261 g/mol. The number of rotatable bonds is 6. The van der Waals surface area contributed by atoms with Gasteiger partial charge in [0, 0.05) is 6.07 Å². The van der Waals surface area contributed by atoms with Crippen molar-refractivity contribution in [2.45, 2.75) is 19.6 Å². The van der Waals surface area contributed by atoms with Crippen LogP contribution in [-0.2, 0) is 33.9 Å². The second kappa shape index (κ2) is 6.70. The van der Waals surface area contributed by atoms with E-state index in [4.69, 9.17) is 9.26 Å². The Kier molecular flexibility index (Phi) is 4.69. The Morgan fingerprint density at radius 1 is 1.26 bits per heavy atom. The maximum absolute atomic E-state index is 11.0. The fourth-order valence-corrected chi connectivity index (χ4v) is 1.57. The van der Waals surface area contributed by atoms with Crippen LogP contribution in [-0.4, -0.2) is 18.2 Å². The number of carbonyl (C=O) groups excluding carboxylic acids is 1. The zero-order valence-electron chi connectivity index (χ0n) is 10.7. The number of hydrogen-bond acceptors (Lipinski definition) is 5. The van der Waals surface area contributed by atoms with E-state index in [1.807, 2.05) is 30.3 Å². The lowest BCUT2D eigenvalue weighted by molar-refractivity contribution is -0.140. The molecule has 0 saturated carbocycles. The summed E-state index contributed by atoms with van der Waals surface area (Å²) in [5.74, 6) is 0.123. The Balaban J connectivity index is 1.79. The molecule has 100 valence electrons. The number of nitrogens with zero attached hydrogens (tertiary/aromatic N) is 1. The molecule has 0 bridgehead atoms. The monoisotopic (exact) mass is 261 g/mol. The van der Waals surface area contributed by atoms with Crippen LogP contribution >= 0.6 is 0 Å². The second-order valence-corrected chi connectivity index (χ2v) is 4.02. The summed E-state index contributed by atoms with van der Waals surface area (Å²) in [6.07, 6.45) is 0.0855. The van der Waals surface area contributed by atoms with E-state index in [1.165, 1.54) is 7.11 Å². The molecule has 5 heteroatoms. The van der Waals surface area contributed by atoms with E-state index in [-0.39, 0.29) is 12.4 Å². The van der Waals surface area contributed by atoms with Crippen LogP contribution < -0.4 is 0 Å². The first-order chi connectivity index (χ1) is 9.28. The molecular formula is C14H15NO4. The summed E-state index contributed by atoms with van der Waals surface area (Å²) in [6, 6.07) is 11.6. The minimum absolute atomic E-state index is 0.0855. The maximum Gasteiger partial charge on any atom is 0.313 e. The SMILES string of the molecule is COC(=O)Cc1cc(COCc2ccccc2)no1. The summed E-state index contributed by atoms with van der Waals surface area (Å²) in [5.41, 5.74) is 1.76. The molecule has 0 aliphatic heterocycles. The molecular weight excluding hydrogens is 246 g/mol. The molecule has 0 aliphatic rings. The molecule has 1 aromatic carbocycles. The summed E-state index contributed by atoms with van der Waals surface area (Å²) in [5, 5.41) is 3.83. The van der Waals surface area contributed by atoms with Crippen molar-refractivity contribution in [3.05, 3.63) is 53.4 Å². The van der Waals surface area contributed by atoms with Crippen LogP contribution in [0.15, 0.2) is 40.9 Å². The third-order valence-electron chi connectivity index (χ3n) is 2.52. The molecule has 0 N–H and O–H groups in total. The van der Waals surface area contributed by atoms with E-state index in [9.17, 15) is 4.79 Å². The molecule has 1 heterocycles. The van der Waals surface area contributed by atoms with Crippen LogP contribution in [0.25, 0.3) is 0 Å². The Morgan fingerprint density at radius 3 is 2.79 bits per heavy atom. The zero-order valence-corrected chi connectivity index (χ0v) is 10.7. The van der Waals surface area contributed by atoms with Crippen LogP contribution in [0.2, 0.25) is 0 Å². The van der Waals surface area contributed by atoms with Gasteiger partial charge in [0.15, 0.2) is 0 Å². The van der Waals surface area contributed by atoms with E-state index in [0.717, 1.165) is 5.56 Å². The number of carbonyl (C=O) groups is 1. The number of ether oxygens (including phenoxy) is 2. The van der Waals surface area contributed by atoms with Crippen molar-refractivity contribution in [2.75, 3.05) is 7.11 Å². The Hall–Kier alpha value is -2.14. The molecule has 0 saturated heterocycles. The first kappa shape index (κ1) is 13.3. The molecule has 0 unspecified atom stereocenters. The van der Waals surface area contributed by atoms with Crippen molar-refractivity contribution < 1.29 is 18.8 Å². The zero-order chi connectivity index (χ0) is 13.5. The molecule has 0 aliphatic carbocycles. The van der Waals surface area contributed by atoms with Gasteiger partial charge in [0.25, 0.3) is 0 Å². The van der Waals surface area contributed by atoms with Gasteiger partial charge in [0.1, 0.15) is 17.9 Å². The predicted molar refractivity (Wildman–Crippen MR) is 67.2 cm³/mol. The minimum Gasteiger partial charge on any atom is -0.469 e.